The Hall–Kier alpha value is -0.220. The van der Waals surface area contributed by atoms with E-state index in [-0.39, 0.29) is 5.82 Å². The van der Waals surface area contributed by atoms with E-state index in [0.717, 1.165) is 18.2 Å². The summed E-state index contributed by atoms with van der Waals surface area (Å²) in [4.78, 5) is 0. The molecule has 1 aliphatic rings. The van der Waals surface area contributed by atoms with Crippen LogP contribution in [0.1, 0.15) is 6.42 Å². The summed E-state index contributed by atoms with van der Waals surface area (Å²) < 4.78 is 13.7. The summed E-state index contributed by atoms with van der Waals surface area (Å²) in [5.41, 5.74) is 0.868. The maximum Gasteiger partial charge on any atom is 0.139 e. The summed E-state index contributed by atoms with van der Waals surface area (Å²) in [5.74, 6) is 3.02. The predicted octanol–water partition coefficient (Wildman–Crippen LogP) is 3.75. The molecule has 15 heavy (non-hydrogen) atoms. The molecule has 1 aromatic carbocycles. The zero-order valence-corrected chi connectivity index (χ0v) is 10.7. The summed E-state index contributed by atoms with van der Waals surface area (Å²) in [6.45, 7) is 0.952. The van der Waals surface area contributed by atoms with Gasteiger partial charge in [0.15, 0.2) is 0 Å². The van der Waals surface area contributed by atoms with Crippen molar-refractivity contribution in [1.82, 2.24) is 0 Å². The van der Waals surface area contributed by atoms with Crippen LogP contribution in [-0.4, -0.2) is 18.1 Å². The minimum Gasteiger partial charge on any atom is -0.385 e. The van der Waals surface area contributed by atoms with Crippen LogP contribution < -0.4 is 5.32 Å². The highest BCUT2D eigenvalue weighted by Crippen LogP contribution is 2.24. The van der Waals surface area contributed by atoms with E-state index in [1.54, 1.807) is 6.07 Å². The van der Waals surface area contributed by atoms with E-state index >= 15 is 0 Å². The van der Waals surface area contributed by atoms with E-state index in [0.29, 0.717) is 4.47 Å². The minimum atomic E-state index is -0.208. The highest BCUT2D eigenvalue weighted by atomic mass is 79.9. The predicted molar refractivity (Wildman–Crippen MR) is 68.0 cm³/mol. The van der Waals surface area contributed by atoms with Crippen LogP contribution >= 0.6 is 27.7 Å². The van der Waals surface area contributed by atoms with Gasteiger partial charge in [-0.25, -0.2) is 4.39 Å². The van der Waals surface area contributed by atoms with Gasteiger partial charge in [-0.3, -0.25) is 0 Å². The van der Waals surface area contributed by atoms with Gasteiger partial charge in [-0.05, 0) is 58.0 Å². The molecule has 1 saturated heterocycles. The molecule has 1 nitrogen and oxygen atoms in total. The zero-order chi connectivity index (χ0) is 10.7. The Balaban J connectivity index is 1.90. The van der Waals surface area contributed by atoms with Crippen molar-refractivity contribution < 1.29 is 4.39 Å². The zero-order valence-electron chi connectivity index (χ0n) is 8.30. The van der Waals surface area contributed by atoms with E-state index in [4.69, 9.17) is 0 Å². The lowest BCUT2D eigenvalue weighted by molar-refractivity contribution is 0.617. The quantitative estimate of drug-likeness (QED) is 0.910. The Kier molecular flexibility index (Phi) is 3.92. The van der Waals surface area contributed by atoms with Gasteiger partial charge in [-0.1, -0.05) is 0 Å². The van der Waals surface area contributed by atoms with Crippen LogP contribution in [0, 0.1) is 11.7 Å². The second-order valence-electron chi connectivity index (χ2n) is 3.74. The second kappa shape index (κ2) is 5.21. The topological polar surface area (TPSA) is 12.0 Å². The molecule has 1 unspecified atom stereocenters. The lowest BCUT2D eigenvalue weighted by Gasteiger charge is -2.11. The fourth-order valence-electron chi connectivity index (χ4n) is 1.61. The third kappa shape index (κ3) is 3.11. The molecule has 0 aliphatic carbocycles. The first-order valence-electron chi connectivity index (χ1n) is 5.02. The third-order valence-corrected chi connectivity index (χ3v) is 4.41. The molecule has 82 valence electrons. The summed E-state index contributed by atoms with van der Waals surface area (Å²) in [5, 5.41) is 3.28. The van der Waals surface area contributed by atoms with Crippen LogP contribution in [0.4, 0.5) is 10.1 Å². The monoisotopic (exact) mass is 289 g/mol. The molecule has 0 spiro atoms. The molecule has 1 fully saturated rings. The Morgan fingerprint density at radius 1 is 1.53 bits per heavy atom. The van der Waals surface area contributed by atoms with Crippen molar-refractivity contribution in [2.45, 2.75) is 6.42 Å². The molecule has 4 heteroatoms. The van der Waals surface area contributed by atoms with Gasteiger partial charge >= 0.3 is 0 Å². The van der Waals surface area contributed by atoms with Crippen molar-refractivity contribution in [3.63, 3.8) is 0 Å². The van der Waals surface area contributed by atoms with Crippen LogP contribution in [0.25, 0.3) is 0 Å². The Morgan fingerprint density at radius 2 is 2.40 bits per heavy atom. The molecule has 1 N–H and O–H groups in total. The molecule has 0 amide bonds. The number of nitrogens with one attached hydrogen (secondary N) is 1. The highest BCUT2D eigenvalue weighted by molar-refractivity contribution is 9.10. The number of benzene rings is 1. The van der Waals surface area contributed by atoms with Crippen molar-refractivity contribution >= 4 is 33.4 Å². The van der Waals surface area contributed by atoms with Gasteiger partial charge in [0, 0.05) is 12.2 Å². The normalized spacial score (nSPS) is 20.5. The first kappa shape index (κ1) is 11.3. The molecule has 1 aliphatic heterocycles. The second-order valence-corrected chi connectivity index (χ2v) is 5.74. The summed E-state index contributed by atoms with van der Waals surface area (Å²) in [6, 6.07) is 5.17. The van der Waals surface area contributed by atoms with E-state index in [9.17, 15) is 4.39 Å². The molecule has 1 aromatic rings. The lowest BCUT2D eigenvalue weighted by atomic mass is 10.1. The van der Waals surface area contributed by atoms with Crippen molar-refractivity contribution in [3.05, 3.63) is 28.5 Å². The largest absolute Gasteiger partial charge is 0.385 e. The fourth-order valence-corrected chi connectivity index (χ4v) is 3.14. The molecule has 1 heterocycles. The van der Waals surface area contributed by atoms with Crippen molar-refractivity contribution in [2.75, 3.05) is 23.4 Å². The van der Waals surface area contributed by atoms with Gasteiger partial charge < -0.3 is 5.32 Å². The number of rotatable bonds is 3. The number of anilines is 1. The number of thioether (sulfide) groups is 1. The van der Waals surface area contributed by atoms with E-state index < -0.39 is 0 Å². The van der Waals surface area contributed by atoms with E-state index in [2.05, 4.69) is 21.2 Å². The van der Waals surface area contributed by atoms with Crippen molar-refractivity contribution in [1.29, 1.82) is 0 Å². The maximum absolute atomic E-state index is 13.2. The third-order valence-electron chi connectivity index (χ3n) is 2.54. The number of halogens is 2. The minimum absolute atomic E-state index is 0.208. The van der Waals surface area contributed by atoms with E-state index in [1.165, 1.54) is 24.0 Å². The lowest BCUT2D eigenvalue weighted by Crippen LogP contribution is -2.13. The first-order chi connectivity index (χ1) is 7.25. The van der Waals surface area contributed by atoms with Crippen LogP contribution in [0.3, 0.4) is 0 Å². The molecule has 0 radical (unpaired) electrons. The molecule has 0 aromatic heterocycles. The molecule has 0 saturated carbocycles. The average molecular weight is 290 g/mol. The Labute approximate surface area is 102 Å². The molecule has 0 bridgehead atoms. The van der Waals surface area contributed by atoms with Crippen LogP contribution in [0.5, 0.6) is 0 Å². The van der Waals surface area contributed by atoms with Gasteiger partial charge in [0.25, 0.3) is 0 Å². The van der Waals surface area contributed by atoms with Gasteiger partial charge in [0.05, 0.1) is 4.47 Å². The summed E-state index contributed by atoms with van der Waals surface area (Å²) in [7, 11) is 0. The molecule has 1 atom stereocenters. The standard InChI is InChI=1S/C11H13BrFNS/c12-10-2-1-9(5-11(10)13)14-6-8-3-4-15-7-8/h1-2,5,8,14H,3-4,6-7H2. The van der Waals surface area contributed by atoms with Gasteiger partial charge in [0.2, 0.25) is 0 Å². The summed E-state index contributed by atoms with van der Waals surface area (Å²) in [6.07, 6.45) is 1.27. The highest BCUT2D eigenvalue weighted by Gasteiger charge is 2.14. The van der Waals surface area contributed by atoms with Crippen molar-refractivity contribution in [3.8, 4) is 0 Å². The average Bonchev–Trinajstić information content (AvgIpc) is 2.73. The molecular weight excluding hydrogens is 277 g/mol. The van der Waals surface area contributed by atoms with E-state index in [1.807, 2.05) is 17.8 Å². The fraction of sp³-hybridized carbons (Fsp3) is 0.455. The maximum atomic E-state index is 13.2. The first-order valence-corrected chi connectivity index (χ1v) is 6.97. The van der Waals surface area contributed by atoms with Gasteiger partial charge in [0.1, 0.15) is 5.82 Å². The SMILES string of the molecule is Fc1cc(NCC2CCSC2)ccc1Br. The Bertz CT molecular complexity index is 339. The van der Waals surface area contributed by atoms with Gasteiger partial charge in [-0.2, -0.15) is 11.8 Å². The number of hydrogen-bond acceptors (Lipinski definition) is 2. The molecular formula is C11H13BrFNS. The number of hydrogen-bond donors (Lipinski definition) is 1. The van der Waals surface area contributed by atoms with Crippen LogP contribution in [0.2, 0.25) is 0 Å². The smallest absolute Gasteiger partial charge is 0.139 e. The Morgan fingerprint density at radius 3 is 3.07 bits per heavy atom. The van der Waals surface area contributed by atoms with Crippen LogP contribution in [0.15, 0.2) is 22.7 Å². The van der Waals surface area contributed by atoms with Crippen molar-refractivity contribution in [2.24, 2.45) is 5.92 Å². The van der Waals surface area contributed by atoms with Gasteiger partial charge in [-0.15, -0.1) is 0 Å². The summed E-state index contributed by atoms with van der Waals surface area (Å²) >= 11 is 5.14. The van der Waals surface area contributed by atoms with Crippen LogP contribution in [-0.2, 0) is 0 Å². The molecule has 2 rings (SSSR count).